The van der Waals surface area contributed by atoms with Gasteiger partial charge in [-0.25, -0.2) is 32.0 Å². The van der Waals surface area contributed by atoms with Crippen LogP contribution in [0.15, 0.2) is 18.2 Å². The van der Waals surface area contributed by atoms with E-state index in [0.29, 0.717) is 25.0 Å². The van der Waals surface area contributed by atoms with E-state index in [2.05, 4.69) is 20.6 Å². The summed E-state index contributed by atoms with van der Waals surface area (Å²) in [7, 11) is -2.89. The Morgan fingerprint density at radius 2 is 1.76 bits per heavy atom. The summed E-state index contributed by atoms with van der Waals surface area (Å²) in [5.74, 6) is -9.94. The molecule has 2 aromatic rings. The van der Waals surface area contributed by atoms with E-state index in [-0.39, 0.29) is 36.2 Å². The standard InChI is InChI=1S/C39H50F4N6O9S/c1-19-26-18-49(27(19)31(50)47-38(17-22(38)30(40)41)34(52)48-59(54,55)37(5)13-14-37)33(51)29(36(2,3)4)46-35(53)58-25-15-20(25)9-7-8-12-39(42,43)28-32(57-26)45-24-16-21(56-6)10-11-23(24)44-28/h10-11,16,19-20,22,25-27,29-30H,7-9,12-15,17-18H2,1-6H3,(H,46,53)(H,47,50)(H,48,52). The Hall–Kier alpha value is -4.49. The highest BCUT2D eigenvalue weighted by atomic mass is 32.2. The first kappa shape index (κ1) is 42.6. The molecule has 20 heteroatoms. The lowest BCUT2D eigenvalue weighted by Gasteiger charge is -2.36. The van der Waals surface area contributed by atoms with Crippen molar-refractivity contribution in [2.75, 3.05) is 13.7 Å². The highest BCUT2D eigenvalue weighted by molar-refractivity contribution is 7.91. The molecule has 324 valence electrons. The molecule has 4 amide bonds. The third kappa shape index (κ3) is 8.21. The van der Waals surface area contributed by atoms with E-state index in [4.69, 9.17) is 14.2 Å². The molecule has 8 atom stereocenters. The van der Waals surface area contributed by atoms with E-state index in [1.165, 1.54) is 33.1 Å². The predicted octanol–water partition coefficient (Wildman–Crippen LogP) is 4.57. The molecule has 1 aromatic carbocycles. The van der Waals surface area contributed by atoms with Crippen molar-refractivity contribution in [1.29, 1.82) is 0 Å². The maximum absolute atomic E-state index is 16.3. The third-order valence-corrected chi connectivity index (χ3v) is 14.7. The lowest BCUT2D eigenvalue weighted by atomic mass is 9.85. The Morgan fingerprint density at radius 1 is 1.05 bits per heavy atom. The molecule has 0 spiro atoms. The number of sulfonamides is 1. The first-order valence-corrected chi connectivity index (χ1v) is 21.3. The van der Waals surface area contributed by atoms with Crippen molar-refractivity contribution in [3.63, 3.8) is 0 Å². The molecule has 2 bridgehead atoms. The number of nitrogens with zero attached hydrogens (tertiary/aromatic N) is 3. The summed E-state index contributed by atoms with van der Waals surface area (Å²) in [4.78, 5) is 65.8. The average Bonchev–Trinajstić information content (AvgIpc) is 4.10. The number of amides is 4. The van der Waals surface area contributed by atoms with Gasteiger partial charge in [0.15, 0.2) is 5.69 Å². The van der Waals surface area contributed by atoms with Crippen molar-refractivity contribution < 1.29 is 59.4 Å². The van der Waals surface area contributed by atoms with Gasteiger partial charge in [-0.3, -0.25) is 19.1 Å². The number of aromatic nitrogens is 2. The number of hydrogen-bond donors (Lipinski definition) is 3. The maximum atomic E-state index is 16.3. The smallest absolute Gasteiger partial charge is 0.408 e. The molecule has 15 nitrogen and oxygen atoms in total. The Balaban J connectivity index is 1.28. The predicted molar refractivity (Wildman–Crippen MR) is 202 cm³/mol. The quantitative estimate of drug-likeness (QED) is 0.331. The number of nitrogens with one attached hydrogen (secondary N) is 3. The number of hydrogen-bond acceptors (Lipinski definition) is 11. The number of ether oxygens (including phenoxy) is 3. The highest BCUT2D eigenvalue weighted by Crippen LogP contribution is 2.50. The van der Waals surface area contributed by atoms with Crippen LogP contribution in [0, 0.1) is 23.2 Å². The van der Waals surface area contributed by atoms with Crippen LogP contribution in [0.2, 0.25) is 0 Å². The Bertz CT molecular complexity index is 2150. The molecule has 3 aliphatic carbocycles. The molecule has 3 heterocycles. The lowest BCUT2D eigenvalue weighted by molar-refractivity contribution is -0.143. The number of alkyl halides is 4. The summed E-state index contributed by atoms with van der Waals surface area (Å²) < 4.78 is 105. The topological polar surface area (TPSA) is 195 Å². The number of methoxy groups -OCH3 is 1. The molecule has 59 heavy (non-hydrogen) atoms. The van der Waals surface area contributed by atoms with Crippen LogP contribution in [-0.2, 0) is 35.1 Å². The van der Waals surface area contributed by atoms with Crippen LogP contribution < -0.4 is 24.8 Å². The number of benzene rings is 1. The van der Waals surface area contributed by atoms with E-state index in [1.807, 2.05) is 4.72 Å². The first-order valence-electron chi connectivity index (χ1n) is 19.9. The van der Waals surface area contributed by atoms with Gasteiger partial charge in [0.05, 0.1) is 35.4 Å². The SMILES string of the molecule is COc1ccc2nc3c(nc2c1)OC1CN(C(=O)C(C(C)(C)C)NC(=O)OC2CC2CCCCC3(F)F)C(C(=O)NC2(C(=O)NS(=O)(=O)C3(C)CC3)CC2C(F)F)C1C. The molecule has 5 aliphatic rings. The molecular weight excluding hydrogens is 805 g/mol. The zero-order chi connectivity index (χ0) is 43.0. The minimum Gasteiger partial charge on any atom is -0.497 e. The van der Waals surface area contributed by atoms with Crippen LogP contribution in [0.5, 0.6) is 11.6 Å². The third-order valence-electron chi connectivity index (χ3n) is 12.5. The minimum atomic E-state index is -4.31. The van der Waals surface area contributed by atoms with Crippen molar-refractivity contribution in [3.05, 3.63) is 23.9 Å². The van der Waals surface area contributed by atoms with Gasteiger partial charge in [0, 0.05) is 18.4 Å². The van der Waals surface area contributed by atoms with Gasteiger partial charge in [0.2, 0.25) is 34.1 Å². The largest absolute Gasteiger partial charge is 0.497 e. The molecule has 0 radical (unpaired) electrons. The van der Waals surface area contributed by atoms with Crippen LogP contribution in [0.1, 0.15) is 91.7 Å². The fourth-order valence-corrected chi connectivity index (χ4v) is 9.41. The van der Waals surface area contributed by atoms with Crippen LogP contribution in [-0.4, -0.2) is 102 Å². The number of alkyl carbamates (subject to hydrolysis) is 1. The second-order valence-corrected chi connectivity index (χ2v) is 20.2. The lowest BCUT2D eigenvalue weighted by Crippen LogP contribution is -2.61. The number of halogens is 4. The van der Waals surface area contributed by atoms with Crippen molar-refractivity contribution in [3.8, 4) is 11.6 Å². The Morgan fingerprint density at radius 3 is 2.39 bits per heavy atom. The van der Waals surface area contributed by atoms with Gasteiger partial charge in [-0.05, 0) is 68.9 Å². The minimum absolute atomic E-state index is 0.0641. The first-order chi connectivity index (χ1) is 27.5. The molecule has 3 N–H and O–H groups in total. The average molecular weight is 855 g/mol. The summed E-state index contributed by atoms with van der Waals surface area (Å²) in [6, 6.07) is 1.55. The molecule has 2 aliphatic heterocycles. The van der Waals surface area contributed by atoms with Crippen LogP contribution >= 0.6 is 0 Å². The summed E-state index contributed by atoms with van der Waals surface area (Å²) in [5, 5.41) is 5.01. The number of rotatable bonds is 7. The van der Waals surface area contributed by atoms with Crippen molar-refractivity contribution in [2.45, 2.75) is 133 Å². The van der Waals surface area contributed by atoms with Gasteiger partial charge >= 0.3 is 6.09 Å². The van der Waals surface area contributed by atoms with E-state index < -0.39 is 129 Å². The molecular formula is C39H50F4N6O9S. The summed E-state index contributed by atoms with van der Waals surface area (Å²) >= 11 is 0. The Kier molecular flexibility index (Phi) is 10.8. The zero-order valence-corrected chi connectivity index (χ0v) is 34.5. The monoisotopic (exact) mass is 854 g/mol. The van der Waals surface area contributed by atoms with Gasteiger partial charge < -0.3 is 29.7 Å². The van der Waals surface area contributed by atoms with Crippen LogP contribution in [0.3, 0.4) is 0 Å². The molecule has 1 saturated heterocycles. The molecule has 7 rings (SSSR count). The van der Waals surface area contributed by atoms with Crippen LogP contribution in [0.25, 0.3) is 11.0 Å². The van der Waals surface area contributed by atoms with Crippen molar-refractivity contribution >= 4 is 44.9 Å². The highest BCUT2D eigenvalue weighted by Gasteiger charge is 2.67. The molecule has 8 unspecified atom stereocenters. The van der Waals surface area contributed by atoms with Crippen LogP contribution in [0.4, 0.5) is 22.4 Å². The van der Waals surface area contributed by atoms with E-state index in [1.54, 1.807) is 26.8 Å². The number of carbonyl (C=O) groups excluding carboxylic acids is 4. The van der Waals surface area contributed by atoms with E-state index in [9.17, 15) is 36.4 Å². The second-order valence-electron chi connectivity index (χ2n) is 18.0. The fraction of sp³-hybridized carbons (Fsp3) is 0.692. The normalized spacial score (nSPS) is 31.6. The van der Waals surface area contributed by atoms with Gasteiger partial charge in [-0.15, -0.1) is 0 Å². The van der Waals surface area contributed by atoms with E-state index in [0.717, 1.165) is 4.90 Å². The second kappa shape index (κ2) is 14.9. The maximum Gasteiger partial charge on any atom is 0.408 e. The molecule has 3 saturated carbocycles. The van der Waals surface area contributed by atoms with Gasteiger partial charge in [0.1, 0.15) is 35.6 Å². The van der Waals surface area contributed by atoms with Gasteiger partial charge in [-0.2, -0.15) is 8.78 Å². The van der Waals surface area contributed by atoms with Gasteiger partial charge in [-0.1, -0.05) is 34.1 Å². The zero-order valence-electron chi connectivity index (χ0n) is 33.7. The Labute approximate surface area is 339 Å². The molecule has 1 aromatic heterocycles. The van der Waals surface area contributed by atoms with Gasteiger partial charge in [0.25, 0.3) is 11.8 Å². The number of fused-ring (bicyclic) bond motifs is 5. The summed E-state index contributed by atoms with van der Waals surface area (Å²) in [6.07, 6.45) is -4.99. The molecule has 4 fully saturated rings. The summed E-state index contributed by atoms with van der Waals surface area (Å²) in [5.41, 5.74) is -3.84. The summed E-state index contributed by atoms with van der Waals surface area (Å²) in [6.45, 7) is 7.42. The van der Waals surface area contributed by atoms with Crippen molar-refractivity contribution in [1.82, 2.24) is 30.2 Å². The van der Waals surface area contributed by atoms with Crippen molar-refractivity contribution in [2.24, 2.45) is 23.2 Å². The number of carbonyl (C=O) groups is 4. The fourth-order valence-electron chi connectivity index (χ4n) is 8.09. The van der Waals surface area contributed by atoms with E-state index >= 15 is 8.78 Å².